The summed E-state index contributed by atoms with van der Waals surface area (Å²) in [7, 11) is 3.91. The highest BCUT2D eigenvalue weighted by Crippen LogP contribution is 2.39. The minimum absolute atomic E-state index is 0.0338. The van der Waals surface area contributed by atoms with Crippen LogP contribution in [0.25, 0.3) is 0 Å². The summed E-state index contributed by atoms with van der Waals surface area (Å²) in [5.41, 5.74) is 0.764. The molecule has 2 heterocycles. The summed E-state index contributed by atoms with van der Waals surface area (Å²) in [4.78, 5) is 29.5. The lowest BCUT2D eigenvalue weighted by atomic mass is 9.95. The standard InChI is InChI=1S/C23H28N2O5/c1-15(2)30-17-10-8-16(9-11-17)20-19(21(26)18-7-5-14-29-18)22(27)23(28)25(20)13-6-12-24(3)4/h5,7-11,14-15,20,27H,6,12-13H2,1-4H3/t20-/m1/s1. The van der Waals surface area contributed by atoms with Crippen LogP contribution in [0.3, 0.4) is 0 Å². The van der Waals surface area contributed by atoms with Gasteiger partial charge in [0.1, 0.15) is 5.75 Å². The summed E-state index contributed by atoms with van der Waals surface area (Å²) < 4.78 is 10.9. The van der Waals surface area contributed by atoms with Crippen LogP contribution in [0.15, 0.2) is 58.4 Å². The molecule has 0 spiro atoms. The number of furan rings is 1. The fraction of sp³-hybridized carbons (Fsp3) is 0.391. The van der Waals surface area contributed by atoms with Gasteiger partial charge in [-0.05, 0) is 70.7 Å². The van der Waals surface area contributed by atoms with E-state index < -0.39 is 23.5 Å². The van der Waals surface area contributed by atoms with Crippen LogP contribution in [-0.4, -0.2) is 59.9 Å². The van der Waals surface area contributed by atoms with Gasteiger partial charge in [-0.2, -0.15) is 0 Å². The molecule has 3 rings (SSSR count). The first-order valence-electron chi connectivity index (χ1n) is 10.0. The molecule has 1 atom stereocenters. The number of hydrogen-bond acceptors (Lipinski definition) is 6. The molecule has 0 aliphatic carbocycles. The van der Waals surface area contributed by atoms with Crippen LogP contribution in [0, 0.1) is 0 Å². The largest absolute Gasteiger partial charge is 0.503 e. The average Bonchev–Trinajstić information content (AvgIpc) is 3.30. The number of amides is 1. The average molecular weight is 412 g/mol. The number of aliphatic hydroxyl groups excluding tert-OH is 1. The molecule has 1 aromatic heterocycles. The highest BCUT2D eigenvalue weighted by Gasteiger charge is 2.44. The molecule has 2 aromatic rings. The van der Waals surface area contributed by atoms with Gasteiger partial charge in [-0.15, -0.1) is 0 Å². The number of carbonyl (C=O) groups excluding carboxylic acids is 2. The number of ether oxygens (including phenoxy) is 1. The number of aliphatic hydroxyl groups is 1. The summed E-state index contributed by atoms with van der Waals surface area (Å²) in [6.07, 6.45) is 2.13. The maximum atomic E-state index is 13.1. The number of nitrogens with zero attached hydrogens (tertiary/aromatic N) is 2. The first-order chi connectivity index (χ1) is 14.3. The predicted octanol–water partition coefficient (Wildman–Crippen LogP) is 3.60. The third-order valence-electron chi connectivity index (χ3n) is 4.87. The van der Waals surface area contributed by atoms with Gasteiger partial charge in [0.05, 0.1) is 24.0 Å². The second-order valence-corrected chi connectivity index (χ2v) is 7.86. The summed E-state index contributed by atoms with van der Waals surface area (Å²) in [5, 5.41) is 10.6. The van der Waals surface area contributed by atoms with E-state index in [2.05, 4.69) is 0 Å². The van der Waals surface area contributed by atoms with E-state index in [1.54, 1.807) is 11.0 Å². The van der Waals surface area contributed by atoms with Gasteiger partial charge in [0, 0.05) is 6.54 Å². The number of rotatable bonds is 9. The Kier molecular flexibility index (Phi) is 6.62. The lowest BCUT2D eigenvalue weighted by Crippen LogP contribution is -2.33. The van der Waals surface area contributed by atoms with Crippen LogP contribution in [-0.2, 0) is 4.79 Å². The predicted molar refractivity (Wildman–Crippen MR) is 113 cm³/mol. The van der Waals surface area contributed by atoms with Crippen LogP contribution >= 0.6 is 0 Å². The summed E-state index contributed by atoms with van der Waals surface area (Å²) in [6, 6.07) is 9.70. The molecule has 1 aliphatic rings. The molecule has 1 N–H and O–H groups in total. The molecular formula is C23H28N2O5. The summed E-state index contributed by atoms with van der Waals surface area (Å²) in [5.74, 6) is -0.771. The van der Waals surface area contributed by atoms with E-state index in [1.165, 1.54) is 12.3 Å². The first kappa shape index (κ1) is 21.6. The maximum Gasteiger partial charge on any atom is 0.290 e. The Morgan fingerprint density at radius 3 is 2.50 bits per heavy atom. The van der Waals surface area contributed by atoms with Gasteiger partial charge in [0.15, 0.2) is 11.5 Å². The van der Waals surface area contributed by atoms with Gasteiger partial charge in [-0.1, -0.05) is 12.1 Å². The van der Waals surface area contributed by atoms with E-state index in [0.717, 1.165) is 12.1 Å². The van der Waals surface area contributed by atoms with Gasteiger partial charge in [0.2, 0.25) is 5.78 Å². The maximum absolute atomic E-state index is 13.1. The molecule has 1 amide bonds. The van der Waals surface area contributed by atoms with Crippen molar-refractivity contribution >= 4 is 11.7 Å². The zero-order valence-electron chi connectivity index (χ0n) is 17.8. The summed E-state index contributed by atoms with van der Waals surface area (Å²) >= 11 is 0. The zero-order chi connectivity index (χ0) is 21.8. The Morgan fingerprint density at radius 2 is 1.93 bits per heavy atom. The second kappa shape index (κ2) is 9.17. The van der Waals surface area contributed by atoms with Gasteiger partial charge in [-0.25, -0.2) is 0 Å². The summed E-state index contributed by atoms with van der Waals surface area (Å²) in [6.45, 7) is 5.07. The van der Waals surface area contributed by atoms with Crippen LogP contribution in [0.2, 0.25) is 0 Å². The molecule has 160 valence electrons. The monoisotopic (exact) mass is 412 g/mol. The number of benzene rings is 1. The topological polar surface area (TPSA) is 83.2 Å². The molecule has 30 heavy (non-hydrogen) atoms. The molecule has 0 saturated heterocycles. The Bertz CT molecular complexity index is 914. The SMILES string of the molecule is CC(C)Oc1ccc([C@@H]2C(C(=O)c3ccco3)=C(O)C(=O)N2CCCN(C)C)cc1. The van der Waals surface area contributed by atoms with E-state index in [9.17, 15) is 14.7 Å². The van der Waals surface area contributed by atoms with Gasteiger partial charge in [-0.3, -0.25) is 9.59 Å². The van der Waals surface area contributed by atoms with E-state index in [1.807, 2.05) is 57.1 Å². The van der Waals surface area contributed by atoms with E-state index >= 15 is 0 Å². The fourth-order valence-electron chi connectivity index (χ4n) is 3.56. The lowest BCUT2D eigenvalue weighted by molar-refractivity contribution is -0.129. The minimum atomic E-state index is -0.689. The Labute approximate surface area is 176 Å². The minimum Gasteiger partial charge on any atom is -0.503 e. The van der Waals surface area contributed by atoms with E-state index in [-0.39, 0.29) is 17.4 Å². The second-order valence-electron chi connectivity index (χ2n) is 7.86. The molecule has 0 unspecified atom stereocenters. The van der Waals surface area contributed by atoms with Crippen LogP contribution in [0.1, 0.15) is 42.4 Å². The normalized spacial score (nSPS) is 16.8. The molecular weight excluding hydrogens is 384 g/mol. The third-order valence-corrected chi connectivity index (χ3v) is 4.87. The molecule has 0 radical (unpaired) electrons. The molecule has 7 heteroatoms. The quantitative estimate of drug-likeness (QED) is 0.634. The van der Waals surface area contributed by atoms with Crippen molar-refractivity contribution in [1.82, 2.24) is 9.80 Å². The van der Waals surface area contributed by atoms with Crippen molar-refractivity contribution in [1.29, 1.82) is 0 Å². The van der Waals surface area contributed by atoms with Crippen molar-refractivity contribution in [3.8, 4) is 5.75 Å². The van der Waals surface area contributed by atoms with Crippen molar-refractivity contribution in [3.63, 3.8) is 0 Å². The Balaban J connectivity index is 1.96. The number of carbonyl (C=O) groups is 2. The molecule has 0 bridgehead atoms. The zero-order valence-corrected chi connectivity index (χ0v) is 17.8. The smallest absolute Gasteiger partial charge is 0.290 e. The lowest BCUT2D eigenvalue weighted by Gasteiger charge is -2.27. The number of Topliss-reactive ketones (excluding diaryl/α,β-unsaturated/α-hetero) is 1. The van der Waals surface area contributed by atoms with Crippen molar-refractivity contribution in [2.24, 2.45) is 0 Å². The molecule has 1 aliphatic heterocycles. The molecule has 7 nitrogen and oxygen atoms in total. The molecule has 0 saturated carbocycles. The van der Waals surface area contributed by atoms with Crippen molar-refractivity contribution < 1.29 is 23.8 Å². The number of ketones is 1. The van der Waals surface area contributed by atoms with Gasteiger partial charge >= 0.3 is 0 Å². The van der Waals surface area contributed by atoms with E-state index in [4.69, 9.17) is 9.15 Å². The fourth-order valence-corrected chi connectivity index (χ4v) is 3.56. The number of hydrogen-bond donors (Lipinski definition) is 1. The first-order valence-corrected chi connectivity index (χ1v) is 10.0. The van der Waals surface area contributed by atoms with Crippen molar-refractivity contribution in [2.75, 3.05) is 27.2 Å². The van der Waals surface area contributed by atoms with Crippen molar-refractivity contribution in [3.05, 3.63) is 65.3 Å². The van der Waals surface area contributed by atoms with E-state index in [0.29, 0.717) is 18.7 Å². The molecule has 0 fully saturated rings. The van der Waals surface area contributed by atoms with Crippen LogP contribution in [0.4, 0.5) is 0 Å². The van der Waals surface area contributed by atoms with Gasteiger partial charge in [0.25, 0.3) is 5.91 Å². The Hall–Kier alpha value is -3.06. The van der Waals surface area contributed by atoms with Gasteiger partial charge < -0.3 is 24.1 Å². The van der Waals surface area contributed by atoms with Crippen LogP contribution < -0.4 is 4.74 Å². The van der Waals surface area contributed by atoms with Crippen LogP contribution in [0.5, 0.6) is 5.75 Å². The highest BCUT2D eigenvalue weighted by atomic mass is 16.5. The molecule has 1 aromatic carbocycles. The Morgan fingerprint density at radius 1 is 1.23 bits per heavy atom. The third kappa shape index (κ3) is 4.57. The highest BCUT2D eigenvalue weighted by molar-refractivity contribution is 6.15. The van der Waals surface area contributed by atoms with Crippen molar-refractivity contribution in [2.45, 2.75) is 32.4 Å².